The SMILES string of the molecule is CNC([SiH3])C(Cl)CCl. The molecule has 2 atom stereocenters. The normalized spacial score (nSPS) is 18.4. The molecule has 0 fully saturated rings. The lowest BCUT2D eigenvalue weighted by molar-refractivity contribution is 0.716. The van der Waals surface area contributed by atoms with Crippen molar-refractivity contribution in [3.8, 4) is 0 Å². The first-order chi connectivity index (χ1) is 3.72. The summed E-state index contributed by atoms with van der Waals surface area (Å²) in [5, 5.41) is 3.17. The van der Waals surface area contributed by atoms with E-state index in [-0.39, 0.29) is 5.38 Å². The molecule has 0 spiro atoms. The number of rotatable bonds is 3. The van der Waals surface area contributed by atoms with Gasteiger partial charge >= 0.3 is 0 Å². The van der Waals surface area contributed by atoms with E-state index in [1.165, 1.54) is 0 Å². The highest BCUT2D eigenvalue weighted by Crippen LogP contribution is 2.00. The largest absolute Gasteiger partial charge is 0.319 e. The minimum absolute atomic E-state index is 0.105. The molecule has 0 heterocycles. The van der Waals surface area contributed by atoms with Crippen molar-refractivity contribution >= 4 is 33.4 Å². The molecule has 1 N–H and O–H groups in total. The zero-order valence-electron chi connectivity index (χ0n) is 5.12. The molecule has 0 rings (SSSR count). The summed E-state index contributed by atoms with van der Waals surface area (Å²) in [4.78, 5) is 0. The summed E-state index contributed by atoms with van der Waals surface area (Å²) in [7, 11) is 2.96. The lowest BCUT2D eigenvalue weighted by atomic mass is 10.5. The predicted molar refractivity (Wildman–Crippen MR) is 43.1 cm³/mol. The second-order valence-electron chi connectivity index (χ2n) is 1.75. The van der Waals surface area contributed by atoms with Crippen LogP contribution in [0.4, 0.5) is 0 Å². The van der Waals surface area contributed by atoms with Gasteiger partial charge in [-0.1, -0.05) is 0 Å². The van der Waals surface area contributed by atoms with Gasteiger partial charge in [-0.2, -0.15) is 0 Å². The van der Waals surface area contributed by atoms with Crippen LogP contribution in [0.25, 0.3) is 0 Å². The second-order valence-corrected chi connectivity index (χ2v) is 3.86. The van der Waals surface area contributed by atoms with Crippen LogP contribution in [0.5, 0.6) is 0 Å². The maximum Gasteiger partial charge on any atom is 0.0587 e. The molecule has 2 unspecified atom stereocenters. The summed E-state index contributed by atoms with van der Waals surface area (Å²) in [6, 6.07) is 0. The Morgan fingerprint density at radius 3 is 2.38 bits per heavy atom. The summed E-state index contributed by atoms with van der Waals surface area (Å²) in [5.41, 5.74) is 0.439. The molecule has 0 aromatic rings. The lowest BCUT2D eigenvalue weighted by Crippen LogP contribution is -2.35. The van der Waals surface area contributed by atoms with E-state index in [0.717, 1.165) is 10.2 Å². The molecule has 0 aliphatic heterocycles. The van der Waals surface area contributed by atoms with Crippen LogP contribution in [-0.2, 0) is 0 Å². The maximum atomic E-state index is 5.76. The minimum atomic E-state index is 0.105. The molecule has 50 valence electrons. The fraction of sp³-hybridized carbons (Fsp3) is 1.00. The van der Waals surface area contributed by atoms with Crippen molar-refractivity contribution in [3.63, 3.8) is 0 Å². The highest BCUT2D eigenvalue weighted by atomic mass is 35.5. The van der Waals surface area contributed by atoms with Crippen LogP contribution in [-0.4, -0.2) is 34.2 Å². The van der Waals surface area contributed by atoms with Gasteiger partial charge < -0.3 is 5.32 Å². The summed E-state index contributed by atoms with van der Waals surface area (Å²) >= 11 is 11.2. The van der Waals surface area contributed by atoms with Crippen LogP contribution in [0.15, 0.2) is 0 Å². The van der Waals surface area contributed by atoms with Gasteiger partial charge in [0.2, 0.25) is 0 Å². The Balaban J connectivity index is 3.29. The maximum absolute atomic E-state index is 5.76. The van der Waals surface area contributed by atoms with Crippen molar-refractivity contribution in [1.29, 1.82) is 0 Å². The fourth-order valence-electron chi connectivity index (χ4n) is 0.314. The Kier molecular flexibility index (Phi) is 5.06. The van der Waals surface area contributed by atoms with E-state index in [4.69, 9.17) is 23.2 Å². The van der Waals surface area contributed by atoms with E-state index in [2.05, 4.69) is 5.32 Å². The summed E-state index contributed by atoms with van der Waals surface area (Å²) in [6.07, 6.45) is 0. The lowest BCUT2D eigenvalue weighted by Gasteiger charge is -2.13. The van der Waals surface area contributed by atoms with Crippen LogP contribution in [0.2, 0.25) is 0 Å². The van der Waals surface area contributed by atoms with E-state index in [1.54, 1.807) is 0 Å². The summed E-state index contributed by atoms with van der Waals surface area (Å²) < 4.78 is 0. The fourth-order valence-corrected chi connectivity index (χ4v) is 1.24. The standard InChI is InChI=1S/C4H11Cl2NSi/c1-7-4(8)3(6)2-5/h3-4,7H,2H2,1,8H3. The van der Waals surface area contributed by atoms with Crippen LogP contribution in [0.1, 0.15) is 0 Å². The third-order valence-corrected chi connectivity index (χ3v) is 3.97. The van der Waals surface area contributed by atoms with Crippen molar-refractivity contribution < 1.29 is 0 Å². The zero-order chi connectivity index (χ0) is 6.57. The van der Waals surface area contributed by atoms with Crippen molar-refractivity contribution in [2.24, 2.45) is 0 Å². The molecule has 0 bridgehead atoms. The zero-order valence-corrected chi connectivity index (χ0v) is 8.63. The van der Waals surface area contributed by atoms with Gasteiger partial charge in [0.05, 0.1) is 5.38 Å². The first-order valence-corrected chi connectivity index (χ1v) is 4.72. The van der Waals surface area contributed by atoms with Crippen molar-refractivity contribution in [2.45, 2.75) is 11.0 Å². The Morgan fingerprint density at radius 2 is 2.25 bits per heavy atom. The van der Waals surface area contributed by atoms with Gasteiger partial charge in [-0.15, -0.1) is 23.2 Å². The Morgan fingerprint density at radius 1 is 1.75 bits per heavy atom. The van der Waals surface area contributed by atoms with Crippen molar-refractivity contribution in [3.05, 3.63) is 0 Å². The molecule has 0 radical (unpaired) electrons. The highest BCUT2D eigenvalue weighted by Gasteiger charge is 2.08. The topological polar surface area (TPSA) is 12.0 Å². The molecule has 0 aliphatic carbocycles. The smallest absolute Gasteiger partial charge is 0.0587 e. The molecule has 0 saturated carbocycles. The molecule has 1 nitrogen and oxygen atoms in total. The van der Waals surface area contributed by atoms with E-state index in [1.807, 2.05) is 7.05 Å². The van der Waals surface area contributed by atoms with Crippen molar-refractivity contribution in [1.82, 2.24) is 5.32 Å². The van der Waals surface area contributed by atoms with Gasteiger partial charge in [-0.25, -0.2) is 0 Å². The van der Waals surface area contributed by atoms with Gasteiger partial charge in [0, 0.05) is 21.8 Å². The third-order valence-electron chi connectivity index (χ3n) is 1.15. The van der Waals surface area contributed by atoms with E-state index in [0.29, 0.717) is 11.5 Å². The van der Waals surface area contributed by atoms with Gasteiger partial charge in [0.1, 0.15) is 0 Å². The first-order valence-electron chi connectivity index (χ1n) is 2.59. The number of alkyl halides is 2. The average Bonchev–Trinajstić information content (AvgIpc) is 1.84. The van der Waals surface area contributed by atoms with Crippen LogP contribution in [0.3, 0.4) is 0 Å². The van der Waals surface area contributed by atoms with E-state index >= 15 is 0 Å². The van der Waals surface area contributed by atoms with Gasteiger partial charge in [-0.05, 0) is 7.05 Å². The number of hydrogen-bond acceptors (Lipinski definition) is 1. The van der Waals surface area contributed by atoms with Crippen LogP contribution < -0.4 is 5.32 Å². The Bertz CT molecular complexity index is 54.0. The van der Waals surface area contributed by atoms with E-state index < -0.39 is 0 Å². The van der Waals surface area contributed by atoms with Gasteiger partial charge in [-0.3, -0.25) is 0 Å². The molecule has 0 amide bonds. The summed E-state index contributed by atoms with van der Waals surface area (Å²) in [6.45, 7) is 0. The second kappa shape index (κ2) is 4.62. The molecule has 4 heteroatoms. The van der Waals surface area contributed by atoms with E-state index in [9.17, 15) is 0 Å². The molecular weight excluding hydrogens is 161 g/mol. The van der Waals surface area contributed by atoms with Crippen LogP contribution >= 0.6 is 23.2 Å². The van der Waals surface area contributed by atoms with Crippen molar-refractivity contribution in [2.75, 3.05) is 12.9 Å². The van der Waals surface area contributed by atoms with Gasteiger partial charge in [0.15, 0.2) is 0 Å². The number of hydrogen-bond donors (Lipinski definition) is 1. The highest BCUT2D eigenvalue weighted by molar-refractivity contribution is 6.31. The monoisotopic (exact) mass is 171 g/mol. The first kappa shape index (κ1) is 8.76. The Hall–Kier alpha value is 0.757. The number of nitrogens with one attached hydrogen (secondary N) is 1. The average molecular weight is 172 g/mol. The third kappa shape index (κ3) is 2.92. The molecule has 8 heavy (non-hydrogen) atoms. The minimum Gasteiger partial charge on any atom is -0.319 e. The molecule has 0 saturated heterocycles. The van der Waals surface area contributed by atoms with Crippen LogP contribution in [0, 0.1) is 0 Å². The molecule has 0 aliphatic rings. The summed E-state index contributed by atoms with van der Waals surface area (Å²) in [5.74, 6) is 0.538. The molecule has 0 aromatic carbocycles. The number of halogens is 2. The molecular formula is C4H11Cl2NSi. The molecule has 0 aromatic heterocycles. The predicted octanol–water partition coefficient (Wildman–Crippen LogP) is -0.257. The van der Waals surface area contributed by atoms with Gasteiger partial charge in [0.25, 0.3) is 0 Å². The quantitative estimate of drug-likeness (QED) is 0.457. The Labute approximate surface area is 63.2 Å².